The molecule has 2 N–H and O–H groups in total. The predicted molar refractivity (Wildman–Crippen MR) is 68.0 cm³/mol. The molecule has 0 radical (unpaired) electrons. The van der Waals surface area contributed by atoms with Crippen molar-refractivity contribution in [3.63, 3.8) is 0 Å². The van der Waals surface area contributed by atoms with E-state index in [9.17, 15) is 4.79 Å². The van der Waals surface area contributed by atoms with E-state index in [4.69, 9.17) is 21.0 Å². The summed E-state index contributed by atoms with van der Waals surface area (Å²) in [6, 6.07) is 3.64. The molecule has 0 bridgehead atoms. The summed E-state index contributed by atoms with van der Waals surface area (Å²) >= 11 is 0. The molecule has 1 aliphatic heterocycles. The quantitative estimate of drug-likeness (QED) is 0.347. The number of hydrogen-bond acceptors (Lipinski definition) is 6. The lowest BCUT2D eigenvalue weighted by atomic mass is 10.1. The number of nitrogens with zero attached hydrogens (tertiary/aromatic N) is 3. The molecular formula is C13H16N4O2. The summed E-state index contributed by atoms with van der Waals surface area (Å²) in [4.78, 5) is 13.3. The van der Waals surface area contributed by atoms with Crippen LogP contribution in [0.1, 0.15) is 19.8 Å². The van der Waals surface area contributed by atoms with Crippen LogP contribution in [0.4, 0.5) is 0 Å². The van der Waals surface area contributed by atoms with E-state index in [1.165, 1.54) is 6.08 Å². The molecule has 1 saturated heterocycles. The third-order valence-corrected chi connectivity index (χ3v) is 2.75. The zero-order chi connectivity index (χ0) is 14.3. The highest BCUT2D eigenvalue weighted by atomic mass is 16.5. The number of likely N-dealkylation sites (tertiary alicyclic amines) is 1. The zero-order valence-electron chi connectivity index (χ0n) is 10.8. The number of nitrogens with two attached hydrogens (primary N) is 1. The Balaban J connectivity index is 3.02. The van der Waals surface area contributed by atoms with Gasteiger partial charge < -0.3 is 15.4 Å². The van der Waals surface area contributed by atoms with Crippen molar-refractivity contribution >= 4 is 5.97 Å². The fourth-order valence-corrected chi connectivity index (χ4v) is 1.78. The smallest absolute Gasteiger partial charge is 0.348 e. The van der Waals surface area contributed by atoms with Gasteiger partial charge in [0.15, 0.2) is 0 Å². The van der Waals surface area contributed by atoms with Crippen LogP contribution in [-0.4, -0.2) is 30.6 Å². The lowest BCUT2D eigenvalue weighted by Crippen LogP contribution is -2.25. The van der Waals surface area contributed by atoms with Gasteiger partial charge in [0, 0.05) is 13.1 Å². The Morgan fingerprint density at radius 2 is 2.00 bits per heavy atom. The number of carbonyl (C=O) groups is 1. The average Bonchev–Trinajstić information content (AvgIpc) is 2.93. The molecule has 0 saturated carbocycles. The molecule has 1 rings (SSSR count). The molecule has 6 heteroatoms. The van der Waals surface area contributed by atoms with Crippen LogP contribution in [0.5, 0.6) is 0 Å². The molecule has 0 aromatic carbocycles. The number of carbonyl (C=O) groups excluding carboxylic acids is 1. The van der Waals surface area contributed by atoms with Crippen LogP contribution in [0.2, 0.25) is 0 Å². The SMILES string of the molecule is CCOC(=O)/C(C#N)=C\C(C#N)=C(/N)N1CCCC1. The molecule has 0 aromatic rings. The van der Waals surface area contributed by atoms with Crippen LogP contribution in [-0.2, 0) is 9.53 Å². The highest BCUT2D eigenvalue weighted by Gasteiger charge is 2.17. The van der Waals surface area contributed by atoms with E-state index in [2.05, 4.69) is 0 Å². The zero-order valence-corrected chi connectivity index (χ0v) is 10.8. The van der Waals surface area contributed by atoms with Gasteiger partial charge in [0.25, 0.3) is 0 Å². The minimum absolute atomic E-state index is 0.117. The summed E-state index contributed by atoms with van der Waals surface area (Å²) in [5, 5.41) is 18.0. The normalized spacial score (nSPS) is 16.4. The van der Waals surface area contributed by atoms with Gasteiger partial charge in [-0.15, -0.1) is 0 Å². The number of hydrogen-bond donors (Lipinski definition) is 1. The summed E-state index contributed by atoms with van der Waals surface area (Å²) in [6.07, 6.45) is 3.23. The molecular weight excluding hydrogens is 244 g/mol. The lowest BCUT2D eigenvalue weighted by molar-refractivity contribution is -0.138. The van der Waals surface area contributed by atoms with Crippen molar-refractivity contribution < 1.29 is 9.53 Å². The minimum atomic E-state index is -0.744. The van der Waals surface area contributed by atoms with Crippen molar-refractivity contribution in [2.45, 2.75) is 19.8 Å². The summed E-state index contributed by atoms with van der Waals surface area (Å²) in [5.74, 6) is -0.441. The molecule has 0 aromatic heterocycles. The van der Waals surface area contributed by atoms with E-state index < -0.39 is 5.97 Å². The average molecular weight is 260 g/mol. The number of nitriles is 2. The second kappa shape index (κ2) is 7.07. The molecule has 1 aliphatic rings. The molecule has 0 unspecified atom stereocenters. The maximum absolute atomic E-state index is 11.5. The van der Waals surface area contributed by atoms with Gasteiger partial charge in [-0.3, -0.25) is 0 Å². The van der Waals surface area contributed by atoms with Crippen molar-refractivity contribution in [3.8, 4) is 12.1 Å². The Morgan fingerprint density at radius 3 is 2.47 bits per heavy atom. The van der Waals surface area contributed by atoms with E-state index in [1.54, 1.807) is 13.0 Å². The fraction of sp³-hybridized carbons (Fsp3) is 0.462. The van der Waals surface area contributed by atoms with E-state index in [0.29, 0.717) is 5.82 Å². The Labute approximate surface area is 112 Å². The van der Waals surface area contributed by atoms with Crippen LogP contribution in [0.3, 0.4) is 0 Å². The van der Waals surface area contributed by atoms with Crippen molar-refractivity contribution in [1.82, 2.24) is 4.90 Å². The predicted octanol–water partition coefficient (Wildman–Crippen LogP) is 0.789. The summed E-state index contributed by atoms with van der Waals surface area (Å²) in [7, 11) is 0. The highest BCUT2D eigenvalue weighted by molar-refractivity contribution is 5.93. The second-order valence-corrected chi connectivity index (χ2v) is 4.00. The molecule has 1 fully saturated rings. The summed E-state index contributed by atoms with van der Waals surface area (Å²) in [6.45, 7) is 3.38. The van der Waals surface area contributed by atoms with Gasteiger partial charge in [0.05, 0.1) is 12.2 Å². The Kier molecular flexibility index (Phi) is 5.43. The standard InChI is InChI=1S/C13H16N4O2/c1-2-19-13(18)11(9-15)7-10(8-14)12(16)17-5-3-4-6-17/h7H,2-6,16H2,1H3/b11-7-,12-10-. The van der Waals surface area contributed by atoms with E-state index in [-0.39, 0.29) is 17.8 Å². The van der Waals surface area contributed by atoms with Crippen LogP contribution in [0, 0.1) is 22.7 Å². The lowest BCUT2D eigenvalue weighted by Gasteiger charge is -2.18. The van der Waals surface area contributed by atoms with E-state index >= 15 is 0 Å². The van der Waals surface area contributed by atoms with Crippen molar-refractivity contribution in [2.75, 3.05) is 19.7 Å². The minimum Gasteiger partial charge on any atom is -0.462 e. The van der Waals surface area contributed by atoms with Crippen molar-refractivity contribution in [3.05, 3.63) is 23.0 Å². The van der Waals surface area contributed by atoms with Crippen LogP contribution in [0.25, 0.3) is 0 Å². The first kappa shape index (κ1) is 14.6. The molecule has 0 atom stereocenters. The number of rotatable bonds is 4. The van der Waals surface area contributed by atoms with Gasteiger partial charge in [-0.2, -0.15) is 10.5 Å². The first-order valence-corrected chi connectivity index (χ1v) is 6.07. The Hall–Kier alpha value is -2.47. The van der Waals surface area contributed by atoms with Crippen LogP contribution < -0.4 is 5.73 Å². The van der Waals surface area contributed by atoms with Gasteiger partial charge in [0.1, 0.15) is 23.5 Å². The van der Waals surface area contributed by atoms with E-state index in [1.807, 2.05) is 11.0 Å². The molecule has 0 amide bonds. The fourth-order valence-electron chi connectivity index (χ4n) is 1.78. The van der Waals surface area contributed by atoms with Crippen LogP contribution >= 0.6 is 0 Å². The third kappa shape index (κ3) is 3.75. The maximum Gasteiger partial charge on any atom is 0.348 e. The molecule has 0 aliphatic carbocycles. The number of allylic oxidation sites excluding steroid dienone is 2. The first-order valence-electron chi connectivity index (χ1n) is 6.07. The van der Waals surface area contributed by atoms with Crippen molar-refractivity contribution in [2.24, 2.45) is 5.73 Å². The maximum atomic E-state index is 11.5. The third-order valence-electron chi connectivity index (χ3n) is 2.75. The van der Waals surface area contributed by atoms with Crippen LogP contribution in [0.15, 0.2) is 23.0 Å². The second-order valence-electron chi connectivity index (χ2n) is 4.00. The summed E-state index contributed by atoms with van der Waals surface area (Å²) in [5.41, 5.74) is 5.78. The molecule has 6 nitrogen and oxygen atoms in total. The number of ether oxygens (including phenoxy) is 1. The van der Waals surface area contributed by atoms with Gasteiger partial charge in [-0.1, -0.05) is 0 Å². The number of esters is 1. The van der Waals surface area contributed by atoms with Gasteiger partial charge >= 0.3 is 5.97 Å². The van der Waals surface area contributed by atoms with Gasteiger partial charge in [-0.25, -0.2) is 4.79 Å². The Bertz CT molecular complexity index is 488. The monoisotopic (exact) mass is 260 g/mol. The molecule has 100 valence electrons. The van der Waals surface area contributed by atoms with Crippen molar-refractivity contribution in [1.29, 1.82) is 10.5 Å². The van der Waals surface area contributed by atoms with E-state index in [0.717, 1.165) is 25.9 Å². The highest BCUT2D eigenvalue weighted by Crippen LogP contribution is 2.15. The van der Waals surface area contributed by atoms with Gasteiger partial charge in [-0.05, 0) is 25.8 Å². The van der Waals surface area contributed by atoms with Gasteiger partial charge in [0.2, 0.25) is 0 Å². The molecule has 19 heavy (non-hydrogen) atoms. The molecule has 1 heterocycles. The largest absolute Gasteiger partial charge is 0.462 e. The first-order chi connectivity index (χ1) is 9.13. The molecule has 0 spiro atoms. The topological polar surface area (TPSA) is 103 Å². The summed E-state index contributed by atoms with van der Waals surface area (Å²) < 4.78 is 4.73. The Morgan fingerprint density at radius 1 is 1.37 bits per heavy atom.